The Kier molecular flexibility index (Phi) is 7.60. The highest BCUT2D eigenvalue weighted by molar-refractivity contribution is 5.79. The van der Waals surface area contributed by atoms with Crippen LogP contribution in [0.5, 0.6) is 5.75 Å². The van der Waals surface area contributed by atoms with E-state index in [-0.39, 0.29) is 5.91 Å². The second-order valence-electron chi connectivity index (χ2n) is 9.14. The van der Waals surface area contributed by atoms with Gasteiger partial charge in [-0.2, -0.15) is 0 Å². The van der Waals surface area contributed by atoms with Crippen LogP contribution in [0.3, 0.4) is 0 Å². The summed E-state index contributed by atoms with van der Waals surface area (Å²) in [5.41, 5.74) is 6.65. The minimum atomic E-state index is 0.0409. The fourth-order valence-corrected chi connectivity index (χ4v) is 4.57. The fourth-order valence-electron chi connectivity index (χ4n) is 4.57. The lowest BCUT2D eigenvalue weighted by molar-refractivity contribution is -0.120. The molecule has 5 nitrogen and oxygen atoms in total. The van der Waals surface area contributed by atoms with Crippen LogP contribution in [0.2, 0.25) is 0 Å². The standard InChI is InChI=1S/C32H31N3O2/c1-37-28-19-15-25(16-20-28)23-35-30-11-6-5-10-29(30)34-31(35)12-7-21-33-32(36)22-24-13-17-27(18-14-24)26-8-3-2-4-9-26/h2-6,8-11,13-20H,7,12,21-23H2,1H3,(H,33,36). The van der Waals surface area contributed by atoms with Gasteiger partial charge < -0.3 is 14.6 Å². The molecular formula is C32H31N3O2. The quantitative estimate of drug-likeness (QED) is 0.243. The van der Waals surface area contributed by atoms with Gasteiger partial charge in [0.2, 0.25) is 5.91 Å². The topological polar surface area (TPSA) is 56.1 Å². The van der Waals surface area contributed by atoms with Gasteiger partial charge in [-0.15, -0.1) is 0 Å². The van der Waals surface area contributed by atoms with Crippen LogP contribution in [0.4, 0.5) is 0 Å². The largest absolute Gasteiger partial charge is 0.497 e. The summed E-state index contributed by atoms with van der Waals surface area (Å²) in [5.74, 6) is 1.92. The molecule has 0 aliphatic carbocycles. The molecule has 1 heterocycles. The minimum Gasteiger partial charge on any atom is -0.497 e. The second kappa shape index (κ2) is 11.6. The minimum absolute atomic E-state index is 0.0409. The van der Waals surface area contributed by atoms with Crippen LogP contribution < -0.4 is 10.1 Å². The van der Waals surface area contributed by atoms with Crippen LogP contribution >= 0.6 is 0 Å². The van der Waals surface area contributed by atoms with Crippen molar-refractivity contribution in [3.05, 3.63) is 120 Å². The van der Waals surface area contributed by atoms with Gasteiger partial charge in [0.05, 0.1) is 24.6 Å². The first-order valence-electron chi connectivity index (χ1n) is 12.7. The molecule has 4 aromatic carbocycles. The molecule has 0 unspecified atom stereocenters. The number of rotatable bonds is 10. The molecule has 5 rings (SSSR count). The van der Waals surface area contributed by atoms with E-state index in [1.54, 1.807) is 7.11 Å². The van der Waals surface area contributed by atoms with Crippen molar-refractivity contribution in [1.82, 2.24) is 14.9 Å². The number of methoxy groups -OCH3 is 1. The Morgan fingerprint density at radius 1 is 0.811 bits per heavy atom. The molecule has 0 fully saturated rings. The number of nitrogens with one attached hydrogen (secondary N) is 1. The molecular weight excluding hydrogens is 458 g/mol. The highest BCUT2D eigenvalue weighted by atomic mass is 16.5. The zero-order valence-corrected chi connectivity index (χ0v) is 21.1. The second-order valence-corrected chi connectivity index (χ2v) is 9.14. The maximum Gasteiger partial charge on any atom is 0.224 e. The van der Waals surface area contributed by atoms with E-state index in [0.29, 0.717) is 13.0 Å². The maximum atomic E-state index is 12.5. The van der Waals surface area contributed by atoms with E-state index < -0.39 is 0 Å². The summed E-state index contributed by atoms with van der Waals surface area (Å²) in [6, 6.07) is 34.8. The van der Waals surface area contributed by atoms with E-state index in [1.807, 2.05) is 60.7 Å². The summed E-state index contributed by atoms with van der Waals surface area (Å²) < 4.78 is 7.56. The Hall–Kier alpha value is -4.38. The average Bonchev–Trinajstić information content (AvgIpc) is 3.29. The van der Waals surface area contributed by atoms with Crippen LogP contribution in [-0.2, 0) is 24.2 Å². The Bertz CT molecular complexity index is 1460. The Morgan fingerprint density at radius 3 is 2.24 bits per heavy atom. The zero-order chi connectivity index (χ0) is 25.5. The van der Waals surface area contributed by atoms with E-state index in [4.69, 9.17) is 9.72 Å². The van der Waals surface area contributed by atoms with Crippen molar-refractivity contribution in [2.75, 3.05) is 13.7 Å². The zero-order valence-electron chi connectivity index (χ0n) is 21.1. The van der Waals surface area contributed by atoms with Gasteiger partial charge in [0.15, 0.2) is 0 Å². The van der Waals surface area contributed by atoms with E-state index in [0.717, 1.165) is 53.1 Å². The number of imidazole rings is 1. The molecule has 0 saturated carbocycles. The van der Waals surface area contributed by atoms with Gasteiger partial charge >= 0.3 is 0 Å². The molecule has 0 spiro atoms. The van der Waals surface area contributed by atoms with Gasteiger partial charge in [-0.3, -0.25) is 4.79 Å². The summed E-state index contributed by atoms with van der Waals surface area (Å²) in [4.78, 5) is 17.4. The summed E-state index contributed by atoms with van der Waals surface area (Å²) in [5, 5.41) is 3.07. The van der Waals surface area contributed by atoms with Crippen molar-refractivity contribution in [3.63, 3.8) is 0 Å². The highest BCUT2D eigenvalue weighted by Crippen LogP contribution is 2.21. The maximum absolute atomic E-state index is 12.5. The van der Waals surface area contributed by atoms with Crippen molar-refractivity contribution < 1.29 is 9.53 Å². The Balaban J connectivity index is 1.16. The molecule has 1 aromatic heterocycles. The molecule has 5 heteroatoms. The average molecular weight is 490 g/mol. The third-order valence-corrected chi connectivity index (χ3v) is 6.56. The molecule has 186 valence electrons. The van der Waals surface area contributed by atoms with Crippen LogP contribution in [0.15, 0.2) is 103 Å². The van der Waals surface area contributed by atoms with Gasteiger partial charge in [-0.05, 0) is 52.9 Å². The Morgan fingerprint density at radius 2 is 1.49 bits per heavy atom. The van der Waals surface area contributed by atoms with Gasteiger partial charge in [0, 0.05) is 19.5 Å². The number of nitrogens with zero attached hydrogens (tertiary/aromatic N) is 2. The number of fused-ring (bicyclic) bond motifs is 1. The van der Waals surface area contributed by atoms with Crippen molar-refractivity contribution in [2.24, 2.45) is 0 Å². The van der Waals surface area contributed by atoms with Gasteiger partial charge in [-0.1, -0.05) is 78.9 Å². The van der Waals surface area contributed by atoms with E-state index in [1.165, 1.54) is 11.1 Å². The number of hydrogen-bond donors (Lipinski definition) is 1. The lowest BCUT2D eigenvalue weighted by atomic mass is 10.0. The molecule has 5 aromatic rings. The summed E-state index contributed by atoms with van der Waals surface area (Å²) in [6.07, 6.45) is 1.99. The van der Waals surface area contributed by atoms with Gasteiger partial charge in [0.1, 0.15) is 11.6 Å². The van der Waals surface area contributed by atoms with E-state index in [9.17, 15) is 4.79 Å². The number of para-hydroxylation sites is 2. The third-order valence-electron chi connectivity index (χ3n) is 6.56. The summed E-state index contributed by atoms with van der Waals surface area (Å²) in [6.45, 7) is 1.36. The Labute approximate surface area is 217 Å². The molecule has 37 heavy (non-hydrogen) atoms. The smallest absolute Gasteiger partial charge is 0.224 e. The van der Waals surface area contributed by atoms with Crippen LogP contribution in [0.25, 0.3) is 22.2 Å². The first-order valence-corrected chi connectivity index (χ1v) is 12.7. The molecule has 1 N–H and O–H groups in total. The lowest BCUT2D eigenvalue weighted by Crippen LogP contribution is -2.26. The number of ether oxygens (including phenoxy) is 1. The van der Waals surface area contributed by atoms with E-state index in [2.05, 4.69) is 52.3 Å². The van der Waals surface area contributed by atoms with Crippen molar-refractivity contribution in [2.45, 2.75) is 25.8 Å². The van der Waals surface area contributed by atoms with Crippen LogP contribution in [0.1, 0.15) is 23.4 Å². The first-order chi connectivity index (χ1) is 18.2. The molecule has 0 radical (unpaired) electrons. The number of carbonyl (C=O) groups excluding carboxylic acids is 1. The number of amides is 1. The number of benzene rings is 4. The predicted molar refractivity (Wildman–Crippen MR) is 149 cm³/mol. The number of carbonyl (C=O) groups is 1. The monoisotopic (exact) mass is 489 g/mol. The highest BCUT2D eigenvalue weighted by Gasteiger charge is 2.11. The van der Waals surface area contributed by atoms with Crippen molar-refractivity contribution in [3.8, 4) is 16.9 Å². The van der Waals surface area contributed by atoms with Crippen molar-refractivity contribution >= 4 is 16.9 Å². The van der Waals surface area contributed by atoms with Crippen molar-refractivity contribution in [1.29, 1.82) is 0 Å². The molecule has 0 bridgehead atoms. The summed E-state index contributed by atoms with van der Waals surface area (Å²) in [7, 11) is 1.68. The van der Waals surface area contributed by atoms with Crippen LogP contribution in [-0.4, -0.2) is 29.1 Å². The number of aryl methyl sites for hydroxylation is 1. The molecule has 0 aliphatic heterocycles. The molecule has 0 saturated heterocycles. The predicted octanol–water partition coefficient (Wildman–Crippen LogP) is 6.05. The third kappa shape index (κ3) is 6.07. The van der Waals surface area contributed by atoms with Gasteiger partial charge in [-0.25, -0.2) is 4.98 Å². The number of hydrogen-bond acceptors (Lipinski definition) is 3. The lowest BCUT2D eigenvalue weighted by Gasteiger charge is -2.11. The van der Waals surface area contributed by atoms with Crippen LogP contribution in [0, 0.1) is 0 Å². The molecule has 0 atom stereocenters. The molecule has 0 aliphatic rings. The summed E-state index contributed by atoms with van der Waals surface area (Å²) >= 11 is 0. The fraction of sp³-hybridized carbons (Fsp3) is 0.188. The number of aromatic nitrogens is 2. The normalized spacial score (nSPS) is 10.9. The van der Waals surface area contributed by atoms with Gasteiger partial charge in [0.25, 0.3) is 0 Å². The first kappa shape index (κ1) is 24.3. The van der Waals surface area contributed by atoms with E-state index >= 15 is 0 Å². The SMILES string of the molecule is COc1ccc(Cn2c(CCCNC(=O)Cc3ccc(-c4ccccc4)cc3)nc3ccccc32)cc1. The molecule has 1 amide bonds.